The fourth-order valence-corrected chi connectivity index (χ4v) is 7.32. The quantitative estimate of drug-likeness (QED) is 0.197. The van der Waals surface area contributed by atoms with Gasteiger partial charge in [-0.1, -0.05) is 67.1 Å². The molecular weight excluding hydrogens is 506 g/mol. The Morgan fingerprint density at radius 2 is 1.82 bits per heavy atom. The van der Waals surface area contributed by atoms with Crippen molar-refractivity contribution in [3.05, 3.63) is 99.3 Å². The SMILES string of the molecule is CCC1=C2[C@@H](CC/C(=C/c3ccccc3O)c3ccccc3)OC[C@@H]2[C@@H]2C(=O)N(Cc3cccs3)C(=O)[C@@H]2C1. The number of allylic oxidation sites excluding steroid dienone is 2. The molecule has 6 heteroatoms. The van der Waals surface area contributed by atoms with E-state index in [2.05, 4.69) is 25.1 Å². The number of phenols is 1. The van der Waals surface area contributed by atoms with Gasteiger partial charge in [0.15, 0.2) is 0 Å². The average Bonchev–Trinajstić information content (AvgIpc) is 3.68. The first-order chi connectivity index (χ1) is 19.0. The summed E-state index contributed by atoms with van der Waals surface area (Å²) in [7, 11) is 0. The lowest BCUT2D eigenvalue weighted by Gasteiger charge is -2.31. The van der Waals surface area contributed by atoms with Crippen molar-refractivity contribution in [1.82, 2.24) is 4.90 Å². The van der Waals surface area contributed by atoms with Gasteiger partial charge in [-0.05, 0) is 66.0 Å². The molecule has 0 radical (unpaired) electrons. The number of para-hydroxylation sites is 1. The van der Waals surface area contributed by atoms with Crippen LogP contribution in [-0.4, -0.2) is 34.5 Å². The minimum Gasteiger partial charge on any atom is -0.507 e. The smallest absolute Gasteiger partial charge is 0.234 e. The Morgan fingerprint density at radius 1 is 1.03 bits per heavy atom. The number of aromatic hydroxyl groups is 1. The molecule has 6 rings (SSSR count). The van der Waals surface area contributed by atoms with Crippen LogP contribution in [0.4, 0.5) is 0 Å². The van der Waals surface area contributed by atoms with Gasteiger partial charge in [0.1, 0.15) is 5.75 Å². The maximum Gasteiger partial charge on any atom is 0.234 e. The van der Waals surface area contributed by atoms with Gasteiger partial charge in [-0.15, -0.1) is 11.3 Å². The monoisotopic (exact) mass is 539 g/mol. The van der Waals surface area contributed by atoms with Gasteiger partial charge in [0.25, 0.3) is 0 Å². The Labute approximate surface area is 233 Å². The highest BCUT2D eigenvalue weighted by molar-refractivity contribution is 7.09. The molecule has 2 fully saturated rings. The molecule has 200 valence electrons. The first-order valence-corrected chi connectivity index (χ1v) is 14.7. The van der Waals surface area contributed by atoms with E-state index in [-0.39, 0.29) is 41.4 Å². The summed E-state index contributed by atoms with van der Waals surface area (Å²) >= 11 is 1.58. The molecule has 2 aromatic carbocycles. The van der Waals surface area contributed by atoms with Crippen molar-refractivity contribution in [1.29, 1.82) is 0 Å². The highest BCUT2D eigenvalue weighted by Gasteiger charge is 2.56. The van der Waals surface area contributed by atoms with E-state index in [1.165, 1.54) is 16.0 Å². The highest BCUT2D eigenvalue weighted by atomic mass is 32.1. The van der Waals surface area contributed by atoms with Crippen molar-refractivity contribution in [2.24, 2.45) is 17.8 Å². The number of phenolic OH excluding ortho intramolecular Hbond substituents is 1. The van der Waals surface area contributed by atoms with Gasteiger partial charge in [-0.3, -0.25) is 14.5 Å². The third-order valence-electron chi connectivity index (χ3n) is 8.51. The zero-order valence-corrected chi connectivity index (χ0v) is 22.9. The zero-order valence-electron chi connectivity index (χ0n) is 22.1. The third-order valence-corrected chi connectivity index (χ3v) is 9.37. The number of fused-ring (bicyclic) bond motifs is 3. The van der Waals surface area contributed by atoms with E-state index in [0.29, 0.717) is 19.6 Å². The molecule has 2 aliphatic heterocycles. The fraction of sp³-hybridized carbons (Fsp3) is 0.333. The van der Waals surface area contributed by atoms with Gasteiger partial charge < -0.3 is 9.84 Å². The van der Waals surface area contributed by atoms with E-state index in [1.54, 1.807) is 17.4 Å². The van der Waals surface area contributed by atoms with E-state index in [9.17, 15) is 14.7 Å². The van der Waals surface area contributed by atoms with Crippen LogP contribution in [-0.2, 0) is 20.9 Å². The molecule has 2 saturated heterocycles. The van der Waals surface area contributed by atoms with Crippen LogP contribution < -0.4 is 0 Å². The number of hydrogen-bond acceptors (Lipinski definition) is 5. The van der Waals surface area contributed by atoms with E-state index in [1.807, 2.05) is 53.9 Å². The van der Waals surface area contributed by atoms with Crippen molar-refractivity contribution in [3.8, 4) is 5.75 Å². The summed E-state index contributed by atoms with van der Waals surface area (Å²) in [6.45, 7) is 3.00. The molecule has 1 N–H and O–H groups in total. The zero-order chi connectivity index (χ0) is 26.9. The number of hydrogen-bond donors (Lipinski definition) is 1. The summed E-state index contributed by atoms with van der Waals surface area (Å²) in [6.07, 6.45) is 5.05. The molecule has 3 heterocycles. The Morgan fingerprint density at radius 3 is 2.56 bits per heavy atom. The molecule has 1 aliphatic carbocycles. The summed E-state index contributed by atoms with van der Waals surface area (Å²) in [6, 6.07) is 21.6. The molecule has 0 saturated carbocycles. The van der Waals surface area contributed by atoms with Crippen LogP contribution in [0.2, 0.25) is 0 Å². The number of likely N-dealkylation sites (tertiary alicyclic amines) is 1. The number of carbonyl (C=O) groups excluding carboxylic acids is 2. The van der Waals surface area contributed by atoms with E-state index >= 15 is 0 Å². The van der Waals surface area contributed by atoms with Crippen LogP contribution in [0.5, 0.6) is 5.75 Å². The molecular formula is C33H33NO4S. The third kappa shape index (κ3) is 4.88. The normalized spacial score (nSPS) is 24.8. The van der Waals surface area contributed by atoms with Gasteiger partial charge in [-0.25, -0.2) is 0 Å². The van der Waals surface area contributed by atoms with Crippen molar-refractivity contribution in [2.45, 2.75) is 45.3 Å². The Kier molecular flexibility index (Phi) is 7.24. The number of thiophene rings is 1. The van der Waals surface area contributed by atoms with E-state index in [4.69, 9.17) is 4.74 Å². The molecule has 0 spiro atoms. The number of nitrogens with zero attached hydrogens (tertiary/aromatic N) is 1. The molecule has 39 heavy (non-hydrogen) atoms. The largest absolute Gasteiger partial charge is 0.507 e. The fourth-order valence-electron chi connectivity index (χ4n) is 6.63. The van der Waals surface area contributed by atoms with Crippen LogP contribution in [0.3, 0.4) is 0 Å². The van der Waals surface area contributed by atoms with Crippen LogP contribution in [0.25, 0.3) is 11.6 Å². The summed E-state index contributed by atoms with van der Waals surface area (Å²) in [5.41, 5.74) is 5.58. The summed E-state index contributed by atoms with van der Waals surface area (Å²) in [5.74, 6) is -0.430. The van der Waals surface area contributed by atoms with Crippen LogP contribution in [0.15, 0.2) is 83.3 Å². The van der Waals surface area contributed by atoms with Crippen molar-refractivity contribution in [2.75, 3.05) is 6.61 Å². The standard InChI is InChI=1S/C33H33NO4S/c1-2-21-18-26-31(33(37)34(32(26)36)19-25-12-8-16-39-25)27-20-38-29(30(21)27)15-14-23(22-9-4-3-5-10-22)17-24-11-6-7-13-28(24)35/h3-13,16-17,26-27,29,31,35H,2,14-15,18-20H2,1H3/b23-17-/t26-,27+,29-,31-/m1/s1. The minimum atomic E-state index is -0.321. The van der Waals surface area contributed by atoms with Crippen LogP contribution >= 0.6 is 11.3 Å². The summed E-state index contributed by atoms with van der Waals surface area (Å²) < 4.78 is 6.41. The topological polar surface area (TPSA) is 66.8 Å². The van der Waals surface area contributed by atoms with E-state index < -0.39 is 0 Å². The number of imide groups is 1. The highest BCUT2D eigenvalue weighted by Crippen LogP contribution is 2.51. The second-order valence-corrected chi connectivity index (χ2v) is 11.7. The lowest BCUT2D eigenvalue weighted by Crippen LogP contribution is -2.34. The Balaban J connectivity index is 1.25. The maximum absolute atomic E-state index is 13.6. The Hall–Kier alpha value is -3.48. The molecule has 5 nitrogen and oxygen atoms in total. The van der Waals surface area contributed by atoms with Crippen molar-refractivity contribution in [3.63, 3.8) is 0 Å². The van der Waals surface area contributed by atoms with Crippen molar-refractivity contribution >= 4 is 34.8 Å². The molecule has 3 aliphatic rings. The number of benzene rings is 2. The van der Waals surface area contributed by atoms with Gasteiger partial charge >= 0.3 is 0 Å². The van der Waals surface area contributed by atoms with Crippen molar-refractivity contribution < 1.29 is 19.4 Å². The average molecular weight is 540 g/mol. The van der Waals surface area contributed by atoms with Crippen LogP contribution in [0, 0.1) is 17.8 Å². The first kappa shape index (κ1) is 25.8. The molecule has 3 aromatic rings. The molecule has 4 atom stereocenters. The van der Waals surface area contributed by atoms with Gasteiger partial charge in [-0.2, -0.15) is 0 Å². The van der Waals surface area contributed by atoms with Gasteiger partial charge in [0.05, 0.1) is 31.1 Å². The lowest BCUT2D eigenvalue weighted by molar-refractivity contribution is -0.140. The summed E-state index contributed by atoms with van der Waals surface area (Å²) in [5, 5.41) is 12.4. The predicted octanol–water partition coefficient (Wildman–Crippen LogP) is 6.70. The van der Waals surface area contributed by atoms with Gasteiger partial charge in [0.2, 0.25) is 11.8 Å². The van der Waals surface area contributed by atoms with E-state index in [0.717, 1.165) is 40.8 Å². The number of ether oxygens (including phenoxy) is 1. The first-order valence-electron chi connectivity index (χ1n) is 13.8. The number of amides is 2. The van der Waals surface area contributed by atoms with Gasteiger partial charge in [0, 0.05) is 16.4 Å². The molecule has 0 unspecified atom stereocenters. The lowest BCUT2D eigenvalue weighted by atomic mass is 9.69. The predicted molar refractivity (Wildman–Crippen MR) is 154 cm³/mol. The van der Waals surface area contributed by atoms with Crippen LogP contribution in [0.1, 0.15) is 48.6 Å². The minimum absolute atomic E-state index is 0.0242. The second-order valence-electron chi connectivity index (χ2n) is 10.7. The number of carbonyl (C=O) groups is 2. The second kappa shape index (κ2) is 10.9. The Bertz CT molecular complexity index is 1420. The maximum atomic E-state index is 13.6. The number of rotatable bonds is 8. The summed E-state index contributed by atoms with van der Waals surface area (Å²) in [4.78, 5) is 29.5. The molecule has 2 amide bonds. The molecule has 0 bridgehead atoms. The molecule has 1 aromatic heterocycles.